The number of aromatic nitrogens is 1. The van der Waals surface area contributed by atoms with Crippen LogP contribution in [-0.4, -0.2) is 31.4 Å². The quantitative estimate of drug-likeness (QED) is 0.180. The van der Waals surface area contributed by atoms with Crippen molar-refractivity contribution in [2.75, 3.05) is 26.8 Å². The van der Waals surface area contributed by atoms with E-state index in [-0.39, 0.29) is 0 Å². The third-order valence-electron chi connectivity index (χ3n) is 5.51. The first-order valence-corrected chi connectivity index (χ1v) is 11.7. The molecule has 1 aromatic heterocycles. The number of hydrogen-bond acceptors (Lipinski definition) is 3. The topological polar surface area (TPSA) is 38.9 Å². The van der Waals surface area contributed by atoms with Gasteiger partial charge in [-0.3, -0.25) is 0 Å². The third kappa shape index (κ3) is 13.1. The van der Waals surface area contributed by atoms with E-state index in [1.165, 1.54) is 94.9 Å². The first kappa shape index (κ1) is 24.9. The van der Waals surface area contributed by atoms with Gasteiger partial charge < -0.3 is 9.30 Å². The average Bonchev–Trinajstić information content (AvgIpc) is 3.01. The molecule has 1 aromatic rings. The summed E-state index contributed by atoms with van der Waals surface area (Å²) in [7, 11) is 1.79. The zero-order valence-corrected chi connectivity index (χ0v) is 18.9. The third-order valence-corrected chi connectivity index (χ3v) is 5.51. The highest BCUT2D eigenvalue weighted by molar-refractivity contribution is 5.13. The van der Waals surface area contributed by atoms with Crippen molar-refractivity contribution >= 4 is 0 Å². The molecule has 0 aliphatic heterocycles. The Morgan fingerprint density at radius 2 is 1.07 bits per heavy atom. The lowest BCUT2D eigenvalue weighted by molar-refractivity contribution is 0.192. The summed E-state index contributed by atoms with van der Waals surface area (Å²) in [5, 5.41) is 8.68. The molecule has 0 saturated heterocycles. The van der Waals surface area contributed by atoms with Crippen LogP contribution in [0.3, 0.4) is 0 Å². The molecule has 0 atom stereocenters. The van der Waals surface area contributed by atoms with Crippen LogP contribution in [0.25, 0.3) is 0 Å². The Kier molecular flexibility index (Phi) is 15.9. The summed E-state index contributed by atoms with van der Waals surface area (Å²) in [6.45, 7) is 8.29. The van der Waals surface area contributed by atoms with Crippen molar-refractivity contribution in [3.63, 3.8) is 0 Å². The molecular formula is C24H45N3O. The van der Waals surface area contributed by atoms with E-state index in [0.29, 0.717) is 0 Å². The molecule has 162 valence electrons. The molecular weight excluding hydrogens is 346 g/mol. The lowest BCUT2D eigenvalue weighted by atomic mass is 10.1. The lowest BCUT2D eigenvalue weighted by Gasteiger charge is -2.08. The molecule has 1 heterocycles. The molecule has 0 aliphatic carbocycles. The Morgan fingerprint density at radius 1 is 0.643 bits per heavy atom. The second-order valence-corrected chi connectivity index (χ2v) is 8.09. The largest absolute Gasteiger partial charge is 0.385 e. The highest BCUT2D eigenvalue weighted by Crippen LogP contribution is 2.11. The van der Waals surface area contributed by atoms with Crippen LogP contribution >= 0.6 is 0 Å². The number of ether oxygens (including phenoxy) is 1. The SMILES string of the molecule is COCCCCCCCCCCC/N=N\CCCCCCn1c(C)ccc1C. The molecule has 0 radical (unpaired) electrons. The molecule has 4 heteroatoms. The molecule has 0 aromatic carbocycles. The maximum atomic E-state index is 5.07. The van der Waals surface area contributed by atoms with Crippen molar-refractivity contribution in [1.82, 2.24) is 4.57 Å². The predicted molar refractivity (Wildman–Crippen MR) is 120 cm³/mol. The molecule has 28 heavy (non-hydrogen) atoms. The van der Waals surface area contributed by atoms with E-state index >= 15 is 0 Å². The van der Waals surface area contributed by atoms with Crippen LogP contribution in [0.2, 0.25) is 0 Å². The molecule has 0 spiro atoms. The number of unbranched alkanes of at least 4 members (excludes halogenated alkanes) is 11. The summed E-state index contributed by atoms with van der Waals surface area (Å²) in [5.41, 5.74) is 2.76. The van der Waals surface area contributed by atoms with Gasteiger partial charge in [0.25, 0.3) is 0 Å². The van der Waals surface area contributed by atoms with E-state index < -0.39 is 0 Å². The minimum atomic E-state index is 0.907. The number of azo groups is 1. The maximum absolute atomic E-state index is 5.07. The van der Waals surface area contributed by atoms with Gasteiger partial charge in [0.1, 0.15) is 0 Å². The van der Waals surface area contributed by atoms with Crippen molar-refractivity contribution in [3.8, 4) is 0 Å². The Labute approximate surface area is 174 Å². The number of nitrogens with zero attached hydrogens (tertiary/aromatic N) is 3. The summed E-state index contributed by atoms with van der Waals surface area (Å²) in [4.78, 5) is 0. The van der Waals surface area contributed by atoms with Crippen molar-refractivity contribution in [1.29, 1.82) is 0 Å². The highest BCUT2D eigenvalue weighted by Gasteiger charge is 2.00. The molecule has 0 bridgehead atoms. The van der Waals surface area contributed by atoms with Crippen molar-refractivity contribution in [3.05, 3.63) is 23.5 Å². The van der Waals surface area contributed by atoms with Crippen LogP contribution < -0.4 is 0 Å². The van der Waals surface area contributed by atoms with Gasteiger partial charge in [0.05, 0.1) is 13.1 Å². The van der Waals surface area contributed by atoms with Gasteiger partial charge in [0.15, 0.2) is 0 Å². The summed E-state index contributed by atoms with van der Waals surface area (Å²) in [5.74, 6) is 0. The molecule has 0 amide bonds. The summed E-state index contributed by atoms with van der Waals surface area (Å²) < 4.78 is 7.49. The van der Waals surface area contributed by atoms with E-state index in [4.69, 9.17) is 4.74 Å². The van der Waals surface area contributed by atoms with Crippen molar-refractivity contribution in [2.45, 2.75) is 104 Å². The second kappa shape index (κ2) is 17.9. The van der Waals surface area contributed by atoms with E-state index in [1.54, 1.807) is 7.11 Å². The molecule has 4 nitrogen and oxygen atoms in total. The summed E-state index contributed by atoms with van der Waals surface area (Å²) >= 11 is 0. The maximum Gasteiger partial charge on any atom is 0.0598 e. The molecule has 0 fully saturated rings. The van der Waals surface area contributed by atoms with E-state index in [9.17, 15) is 0 Å². The Bertz CT molecular complexity index is 477. The molecule has 0 saturated carbocycles. The van der Waals surface area contributed by atoms with Crippen LogP contribution in [0.4, 0.5) is 0 Å². The van der Waals surface area contributed by atoms with Crippen LogP contribution in [0.1, 0.15) is 94.9 Å². The van der Waals surface area contributed by atoms with Gasteiger partial charge in [0, 0.05) is 31.6 Å². The molecule has 0 unspecified atom stereocenters. The van der Waals surface area contributed by atoms with Crippen LogP contribution in [0.15, 0.2) is 22.4 Å². The van der Waals surface area contributed by atoms with Gasteiger partial charge in [-0.2, -0.15) is 10.2 Å². The van der Waals surface area contributed by atoms with E-state index in [2.05, 4.69) is 40.8 Å². The highest BCUT2D eigenvalue weighted by atomic mass is 16.5. The minimum Gasteiger partial charge on any atom is -0.385 e. The normalized spacial score (nSPS) is 11.7. The minimum absolute atomic E-state index is 0.907. The fourth-order valence-corrected chi connectivity index (χ4v) is 3.67. The fourth-order valence-electron chi connectivity index (χ4n) is 3.67. The van der Waals surface area contributed by atoms with Crippen molar-refractivity contribution < 1.29 is 4.74 Å². The summed E-state index contributed by atoms with van der Waals surface area (Å²) in [6.07, 6.45) is 16.9. The van der Waals surface area contributed by atoms with Crippen LogP contribution in [-0.2, 0) is 11.3 Å². The van der Waals surface area contributed by atoms with Gasteiger partial charge >= 0.3 is 0 Å². The standard InChI is InChI=1S/C24H45N3O/c1-23-17-18-24(2)27(23)21-15-11-10-14-20-26-25-19-13-9-7-5-4-6-8-12-16-22-28-3/h17-18H,4-16,19-22H2,1-3H3/b26-25-. The van der Waals surface area contributed by atoms with Gasteiger partial charge in [-0.15, -0.1) is 0 Å². The van der Waals surface area contributed by atoms with E-state index in [0.717, 1.165) is 26.2 Å². The molecule has 0 N–H and O–H groups in total. The van der Waals surface area contributed by atoms with Crippen molar-refractivity contribution in [2.24, 2.45) is 10.2 Å². The second-order valence-electron chi connectivity index (χ2n) is 8.09. The van der Waals surface area contributed by atoms with E-state index in [1.807, 2.05) is 0 Å². The fraction of sp³-hybridized carbons (Fsp3) is 0.833. The van der Waals surface area contributed by atoms with Gasteiger partial charge in [-0.05, 0) is 51.7 Å². The Morgan fingerprint density at radius 3 is 1.57 bits per heavy atom. The smallest absolute Gasteiger partial charge is 0.0598 e. The number of methoxy groups -OCH3 is 1. The van der Waals surface area contributed by atoms with Gasteiger partial charge in [-0.25, -0.2) is 0 Å². The number of hydrogen-bond donors (Lipinski definition) is 0. The molecule has 1 rings (SSSR count). The zero-order valence-electron chi connectivity index (χ0n) is 18.9. The zero-order chi connectivity index (χ0) is 20.3. The lowest BCUT2D eigenvalue weighted by Crippen LogP contribution is -2.02. The number of rotatable bonds is 19. The Hall–Kier alpha value is -1.16. The first-order chi connectivity index (χ1) is 13.8. The van der Waals surface area contributed by atoms with Crippen LogP contribution in [0, 0.1) is 13.8 Å². The predicted octanol–water partition coefficient (Wildman–Crippen LogP) is 7.27. The monoisotopic (exact) mass is 391 g/mol. The van der Waals surface area contributed by atoms with Crippen LogP contribution in [0.5, 0.6) is 0 Å². The molecule has 0 aliphatic rings. The number of aryl methyl sites for hydroxylation is 2. The average molecular weight is 392 g/mol. The summed E-state index contributed by atoms with van der Waals surface area (Å²) in [6, 6.07) is 4.42. The van der Waals surface area contributed by atoms with Gasteiger partial charge in [-0.1, -0.05) is 57.8 Å². The first-order valence-electron chi connectivity index (χ1n) is 11.7. The Balaban J connectivity index is 1.78. The van der Waals surface area contributed by atoms with Gasteiger partial charge in [0.2, 0.25) is 0 Å².